The third-order valence-electron chi connectivity index (χ3n) is 9.22. The third-order valence-corrected chi connectivity index (χ3v) is 10.2. The fraction of sp³-hybridized carbons (Fsp3) is 0.860. The highest BCUT2D eigenvalue weighted by Gasteiger charge is 2.21. The zero-order chi connectivity index (χ0) is 39.1. The molecule has 53 heavy (non-hydrogen) atoms. The van der Waals surface area contributed by atoms with Crippen molar-refractivity contribution in [3.8, 4) is 0 Å². The molecule has 0 radical (unpaired) electrons. The van der Waals surface area contributed by atoms with E-state index in [0.717, 1.165) is 70.6 Å². The Balaban J connectivity index is 4.32. The number of esters is 2. The fourth-order valence-corrected chi connectivity index (χ4v) is 6.57. The van der Waals surface area contributed by atoms with Crippen LogP contribution in [0.5, 0.6) is 0 Å². The number of likely N-dealkylation sites (N-methyl/N-ethyl adjacent to an activating group) is 1. The van der Waals surface area contributed by atoms with Gasteiger partial charge >= 0.3 is 11.9 Å². The predicted molar refractivity (Wildman–Crippen MR) is 218 cm³/mol. The highest BCUT2D eigenvalue weighted by molar-refractivity contribution is 7.45. The van der Waals surface area contributed by atoms with Crippen LogP contribution in [0.4, 0.5) is 0 Å². The summed E-state index contributed by atoms with van der Waals surface area (Å²) in [6.45, 7) is 4.10. The van der Waals surface area contributed by atoms with Gasteiger partial charge in [0.05, 0.1) is 13.2 Å². The normalized spacial score (nSPS) is 13.6. The smallest absolute Gasteiger partial charge is 0.306 e. The second-order valence-electron chi connectivity index (χ2n) is 14.8. The molecule has 0 saturated carbocycles. The molecule has 0 aliphatic carbocycles. The molecule has 0 amide bonds. The monoisotopic (exact) mass is 771 g/mol. The van der Waals surface area contributed by atoms with Crippen LogP contribution < -0.4 is 4.89 Å². The molecule has 9 nitrogen and oxygen atoms in total. The lowest BCUT2D eigenvalue weighted by atomic mass is 10.1. The zero-order valence-electron chi connectivity index (χ0n) is 34.7. The van der Waals surface area contributed by atoms with E-state index in [2.05, 4.69) is 38.2 Å². The first-order chi connectivity index (χ1) is 25.7. The minimum atomic E-state index is -4.61. The molecule has 2 atom stereocenters. The van der Waals surface area contributed by atoms with E-state index in [1.54, 1.807) is 19.0 Å². The maximum atomic E-state index is 12.6. The zero-order valence-corrected chi connectivity index (χ0v) is 35.6. The van der Waals surface area contributed by atoms with Gasteiger partial charge in [0.1, 0.15) is 6.61 Å². The number of rotatable bonds is 40. The Bertz CT molecular complexity index is 941. The van der Waals surface area contributed by atoms with Crippen molar-refractivity contribution in [3.63, 3.8) is 0 Å². The molecule has 0 spiro atoms. The van der Waals surface area contributed by atoms with Gasteiger partial charge < -0.3 is 28.3 Å². The summed E-state index contributed by atoms with van der Waals surface area (Å²) >= 11 is 0. The first-order valence-electron chi connectivity index (χ1n) is 21.6. The van der Waals surface area contributed by atoms with Crippen molar-refractivity contribution in [1.29, 1.82) is 0 Å². The van der Waals surface area contributed by atoms with E-state index in [-0.39, 0.29) is 26.1 Å². The minimum Gasteiger partial charge on any atom is -0.756 e. The molecule has 1 unspecified atom stereocenters. The number of carbonyl (C=O) groups is 2. The number of unbranched alkanes of at least 4 members (excludes halogenated alkanes) is 22. The maximum absolute atomic E-state index is 12.6. The standard InChI is InChI=1S/C43H82NO8P/c1-5-7-9-11-13-15-17-19-21-23-25-27-29-31-33-35-42(45)49-39-41(40-51-53(47,48)50-38-37-44(3)4)52-43(46)36-34-32-30-28-26-24-22-20-18-16-14-12-10-8-6-2/h19-22,41H,5-18,23-40H2,1-4H3,(H,47,48)/p-1/b21-19-,22-20-/t41-/m0/s1. The molecule has 0 rings (SSSR count). The van der Waals surface area contributed by atoms with Gasteiger partial charge in [-0.15, -0.1) is 0 Å². The molecule has 0 aliphatic heterocycles. The van der Waals surface area contributed by atoms with Gasteiger partial charge in [0.25, 0.3) is 7.82 Å². The van der Waals surface area contributed by atoms with Crippen LogP contribution in [0.3, 0.4) is 0 Å². The molecule has 0 aromatic rings. The lowest BCUT2D eigenvalue weighted by molar-refractivity contribution is -0.228. The van der Waals surface area contributed by atoms with Crippen molar-refractivity contribution < 1.29 is 37.6 Å². The molecule has 0 aromatic carbocycles. The fourth-order valence-electron chi connectivity index (χ4n) is 5.85. The lowest BCUT2D eigenvalue weighted by Crippen LogP contribution is -2.30. The van der Waals surface area contributed by atoms with Crippen molar-refractivity contribution in [1.82, 2.24) is 4.90 Å². The van der Waals surface area contributed by atoms with Gasteiger partial charge in [0, 0.05) is 19.4 Å². The lowest BCUT2D eigenvalue weighted by Gasteiger charge is -2.26. The molecule has 0 heterocycles. The first kappa shape index (κ1) is 51.5. The van der Waals surface area contributed by atoms with Crippen LogP contribution in [0, 0.1) is 0 Å². The van der Waals surface area contributed by atoms with Crippen molar-refractivity contribution >= 4 is 19.8 Å². The highest BCUT2D eigenvalue weighted by Crippen LogP contribution is 2.38. The van der Waals surface area contributed by atoms with Crippen LogP contribution in [0.2, 0.25) is 0 Å². The Kier molecular flexibility index (Phi) is 37.6. The SMILES string of the molecule is CCCCCCCC/C=C\CCCCCCCC(=O)OC[C@@H](COP(=O)([O-])OCCN(C)C)OC(=O)CCCCCCC/C=C\CCCCCCCC. The van der Waals surface area contributed by atoms with Crippen LogP contribution in [0.15, 0.2) is 24.3 Å². The number of hydrogen-bond donors (Lipinski definition) is 0. The molecule has 0 N–H and O–H groups in total. The van der Waals surface area contributed by atoms with Gasteiger partial charge in [-0.05, 0) is 78.3 Å². The minimum absolute atomic E-state index is 0.0569. The summed E-state index contributed by atoms with van der Waals surface area (Å²) in [4.78, 5) is 39.1. The summed E-state index contributed by atoms with van der Waals surface area (Å²) in [5.74, 6) is -0.854. The summed E-state index contributed by atoms with van der Waals surface area (Å²) in [5, 5.41) is 0. The van der Waals surface area contributed by atoms with Crippen LogP contribution in [0.25, 0.3) is 0 Å². The summed E-state index contributed by atoms with van der Waals surface area (Å²) in [6, 6.07) is 0. The Morgan fingerprint density at radius 2 is 0.962 bits per heavy atom. The number of phosphoric ester groups is 1. The largest absolute Gasteiger partial charge is 0.756 e. The molecule has 10 heteroatoms. The van der Waals surface area contributed by atoms with E-state index in [1.165, 1.54) is 89.9 Å². The average molecular weight is 771 g/mol. The van der Waals surface area contributed by atoms with Gasteiger partial charge in [-0.1, -0.05) is 141 Å². The van der Waals surface area contributed by atoms with E-state index in [0.29, 0.717) is 13.0 Å². The summed E-state index contributed by atoms with van der Waals surface area (Å²) in [5.41, 5.74) is 0. The molecule has 0 fully saturated rings. The summed E-state index contributed by atoms with van der Waals surface area (Å²) < 4.78 is 33.0. The van der Waals surface area contributed by atoms with Crippen LogP contribution >= 0.6 is 7.82 Å². The van der Waals surface area contributed by atoms with Gasteiger partial charge in [0.2, 0.25) is 0 Å². The Labute approximate surface area is 326 Å². The number of hydrogen-bond acceptors (Lipinski definition) is 9. The predicted octanol–water partition coefficient (Wildman–Crippen LogP) is 11.6. The van der Waals surface area contributed by atoms with Crippen LogP contribution in [-0.2, 0) is 32.7 Å². The quantitative estimate of drug-likeness (QED) is 0.0260. The number of allylic oxidation sites excluding steroid dienone is 4. The van der Waals surface area contributed by atoms with E-state index in [9.17, 15) is 19.0 Å². The van der Waals surface area contributed by atoms with Gasteiger partial charge in [-0.25, -0.2) is 0 Å². The summed E-state index contributed by atoms with van der Waals surface area (Å²) in [6.07, 6.45) is 39.1. The van der Waals surface area contributed by atoms with E-state index < -0.39 is 32.5 Å². The Morgan fingerprint density at radius 1 is 0.566 bits per heavy atom. The highest BCUT2D eigenvalue weighted by atomic mass is 31.2. The van der Waals surface area contributed by atoms with Crippen LogP contribution in [0.1, 0.15) is 194 Å². The number of nitrogens with zero attached hydrogens (tertiary/aromatic N) is 1. The number of ether oxygens (including phenoxy) is 2. The molecule has 312 valence electrons. The molecule has 0 bridgehead atoms. The molecule has 0 saturated heterocycles. The maximum Gasteiger partial charge on any atom is 0.306 e. The van der Waals surface area contributed by atoms with Crippen LogP contribution in [-0.4, -0.2) is 63.4 Å². The van der Waals surface area contributed by atoms with Crippen molar-refractivity contribution in [2.45, 2.75) is 200 Å². The molecule has 0 aromatic heterocycles. The van der Waals surface area contributed by atoms with Gasteiger partial charge in [-0.3, -0.25) is 14.2 Å². The molecular formula is C43H81NO8P-. The Morgan fingerprint density at radius 3 is 1.40 bits per heavy atom. The van der Waals surface area contributed by atoms with Crippen molar-refractivity contribution in [2.75, 3.05) is 40.5 Å². The molecule has 0 aliphatic rings. The van der Waals surface area contributed by atoms with E-state index in [4.69, 9.17) is 18.5 Å². The average Bonchev–Trinajstić information content (AvgIpc) is 3.12. The number of carbonyl (C=O) groups excluding carboxylic acids is 2. The van der Waals surface area contributed by atoms with E-state index >= 15 is 0 Å². The first-order valence-corrected chi connectivity index (χ1v) is 23.1. The van der Waals surface area contributed by atoms with Gasteiger partial charge in [-0.2, -0.15) is 0 Å². The third kappa shape index (κ3) is 40.0. The summed E-state index contributed by atoms with van der Waals surface area (Å²) in [7, 11) is -1.01. The second-order valence-corrected chi connectivity index (χ2v) is 16.3. The van der Waals surface area contributed by atoms with Crippen molar-refractivity contribution in [3.05, 3.63) is 24.3 Å². The Hall–Kier alpha value is -1.51. The van der Waals surface area contributed by atoms with Crippen molar-refractivity contribution in [2.24, 2.45) is 0 Å². The molecular weight excluding hydrogens is 689 g/mol. The second kappa shape index (κ2) is 38.8. The van der Waals surface area contributed by atoms with E-state index in [1.807, 2.05) is 0 Å². The number of phosphoric acid groups is 1. The van der Waals surface area contributed by atoms with Gasteiger partial charge in [0.15, 0.2) is 6.10 Å². The topological polar surface area (TPSA) is 114 Å².